The van der Waals surface area contributed by atoms with E-state index in [1.165, 1.54) is 5.56 Å². The lowest BCUT2D eigenvalue weighted by Crippen LogP contribution is -2.46. The quantitative estimate of drug-likeness (QED) is 0.894. The molecule has 0 amide bonds. The van der Waals surface area contributed by atoms with Crippen LogP contribution in [-0.4, -0.2) is 63.6 Å². The zero-order valence-corrected chi connectivity index (χ0v) is 12.0. The monoisotopic (exact) mass is 274 g/mol. The minimum absolute atomic E-state index is 0.256. The number of nitrogens with zero attached hydrogens (tertiary/aromatic N) is 4. The fourth-order valence-corrected chi connectivity index (χ4v) is 2.77. The van der Waals surface area contributed by atoms with Gasteiger partial charge in [0.15, 0.2) is 0 Å². The molecule has 5 heteroatoms. The molecule has 0 aromatic carbocycles. The van der Waals surface area contributed by atoms with Crippen LogP contribution in [0.2, 0.25) is 0 Å². The molecule has 0 radical (unpaired) electrons. The Morgan fingerprint density at radius 3 is 2.60 bits per heavy atom. The first-order valence-electron chi connectivity index (χ1n) is 7.24. The largest absolute Gasteiger partial charge is 0.395 e. The highest BCUT2D eigenvalue weighted by Crippen LogP contribution is 2.11. The van der Waals surface area contributed by atoms with Crippen molar-refractivity contribution in [2.24, 2.45) is 0 Å². The number of hydrogen-bond acceptors (Lipinski definition) is 4. The summed E-state index contributed by atoms with van der Waals surface area (Å²) in [4.78, 5) is 9.41. The van der Waals surface area contributed by atoms with Gasteiger partial charge in [0.05, 0.1) is 12.3 Å². The molecule has 0 saturated carbocycles. The SMILES string of the molecule is Cc1ccc2nc(CN3CCN(CCO)CC3)cn2c1. The van der Waals surface area contributed by atoms with Gasteiger partial charge in [-0.1, -0.05) is 6.07 Å². The van der Waals surface area contributed by atoms with Gasteiger partial charge in [-0.15, -0.1) is 0 Å². The van der Waals surface area contributed by atoms with Gasteiger partial charge in [-0.2, -0.15) is 0 Å². The van der Waals surface area contributed by atoms with Crippen molar-refractivity contribution in [3.05, 3.63) is 35.8 Å². The van der Waals surface area contributed by atoms with E-state index in [9.17, 15) is 0 Å². The predicted octanol–water partition coefficient (Wildman–Crippen LogP) is 0.753. The van der Waals surface area contributed by atoms with Crippen molar-refractivity contribution in [1.82, 2.24) is 19.2 Å². The molecule has 2 aromatic rings. The van der Waals surface area contributed by atoms with Crippen molar-refractivity contribution in [3.63, 3.8) is 0 Å². The topological polar surface area (TPSA) is 44.0 Å². The summed E-state index contributed by atoms with van der Waals surface area (Å²) in [5.41, 5.74) is 3.40. The van der Waals surface area contributed by atoms with Gasteiger partial charge < -0.3 is 9.51 Å². The summed E-state index contributed by atoms with van der Waals surface area (Å²) < 4.78 is 2.10. The number of aryl methyl sites for hydroxylation is 1. The van der Waals surface area contributed by atoms with Gasteiger partial charge in [0, 0.05) is 51.7 Å². The summed E-state index contributed by atoms with van der Waals surface area (Å²) >= 11 is 0. The first kappa shape index (κ1) is 13.5. The highest BCUT2D eigenvalue weighted by molar-refractivity contribution is 5.41. The van der Waals surface area contributed by atoms with E-state index in [1.807, 2.05) is 0 Å². The van der Waals surface area contributed by atoms with Gasteiger partial charge in [0.25, 0.3) is 0 Å². The van der Waals surface area contributed by atoms with Gasteiger partial charge in [-0.05, 0) is 18.6 Å². The molecule has 0 unspecified atom stereocenters. The fourth-order valence-electron chi connectivity index (χ4n) is 2.77. The van der Waals surface area contributed by atoms with E-state index in [0.29, 0.717) is 0 Å². The number of pyridine rings is 1. The third-order valence-electron chi connectivity index (χ3n) is 3.92. The average Bonchev–Trinajstić information content (AvgIpc) is 2.82. The molecule has 1 fully saturated rings. The number of hydrogen-bond donors (Lipinski definition) is 1. The van der Waals surface area contributed by atoms with Crippen LogP contribution in [0.4, 0.5) is 0 Å². The standard InChI is InChI=1S/C15H22N4O/c1-13-2-3-15-16-14(12-19(15)10-13)11-18-6-4-17(5-7-18)8-9-20/h2-3,10,12,20H,4-9,11H2,1H3. The first-order valence-corrected chi connectivity index (χ1v) is 7.24. The Morgan fingerprint density at radius 2 is 1.85 bits per heavy atom. The number of aromatic nitrogens is 2. The van der Waals surface area contributed by atoms with Crippen molar-refractivity contribution in [2.45, 2.75) is 13.5 Å². The summed E-state index contributed by atoms with van der Waals surface area (Å²) in [7, 11) is 0. The predicted molar refractivity (Wildman–Crippen MR) is 78.7 cm³/mol. The molecule has 5 nitrogen and oxygen atoms in total. The molecule has 3 heterocycles. The number of aliphatic hydroxyl groups is 1. The van der Waals surface area contributed by atoms with Crippen LogP contribution in [0.5, 0.6) is 0 Å². The van der Waals surface area contributed by atoms with Crippen molar-refractivity contribution in [1.29, 1.82) is 0 Å². The van der Waals surface area contributed by atoms with Gasteiger partial charge in [0.2, 0.25) is 0 Å². The molecule has 1 N–H and O–H groups in total. The second-order valence-corrected chi connectivity index (χ2v) is 5.55. The summed E-state index contributed by atoms with van der Waals surface area (Å²) in [6, 6.07) is 4.16. The van der Waals surface area contributed by atoms with Crippen LogP contribution in [0, 0.1) is 6.92 Å². The van der Waals surface area contributed by atoms with E-state index in [-0.39, 0.29) is 6.61 Å². The Labute approximate surface area is 119 Å². The Balaban J connectivity index is 1.62. The Morgan fingerprint density at radius 1 is 1.10 bits per heavy atom. The van der Waals surface area contributed by atoms with Crippen LogP contribution in [-0.2, 0) is 6.54 Å². The lowest BCUT2D eigenvalue weighted by atomic mass is 10.3. The maximum Gasteiger partial charge on any atom is 0.137 e. The van der Waals surface area contributed by atoms with Crippen LogP contribution >= 0.6 is 0 Å². The van der Waals surface area contributed by atoms with Crippen LogP contribution in [0.15, 0.2) is 24.5 Å². The van der Waals surface area contributed by atoms with Crippen LogP contribution in [0.25, 0.3) is 5.65 Å². The van der Waals surface area contributed by atoms with Crippen LogP contribution in [0.1, 0.15) is 11.3 Å². The normalized spacial score (nSPS) is 17.9. The number of piperazine rings is 1. The number of β-amino-alcohol motifs (C(OH)–C–C–N with tert-alkyl or cyclic N) is 1. The molecule has 3 rings (SSSR count). The van der Waals surface area contributed by atoms with Crippen molar-refractivity contribution >= 4 is 5.65 Å². The van der Waals surface area contributed by atoms with E-state index in [2.05, 4.69) is 50.6 Å². The minimum Gasteiger partial charge on any atom is -0.395 e. The lowest BCUT2D eigenvalue weighted by Gasteiger charge is -2.33. The maximum atomic E-state index is 8.95. The highest BCUT2D eigenvalue weighted by atomic mass is 16.3. The lowest BCUT2D eigenvalue weighted by molar-refractivity contribution is 0.108. The highest BCUT2D eigenvalue weighted by Gasteiger charge is 2.17. The molecule has 1 aliphatic rings. The molecule has 20 heavy (non-hydrogen) atoms. The molecule has 0 bridgehead atoms. The smallest absolute Gasteiger partial charge is 0.137 e. The Kier molecular flexibility index (Phi) is 4.00. The molecule has 2 aromatic heterocycles. The maximum absolute atomic E-state index is 8.95. The van der Waals surface area contributed by atoms with Gasteiger partial charge >= 0.3 is 0 Å². The summed E-state index contributed by atoms with van der Waals surface area (Å²) in [5.74, 6) is 0. The second kappa shape index (κ2) is 5.91. The molecule has 1 saturated heterocycles. The van der Waals surface area contributed by atoms with Crippen LogP contribution in [0.3, 0.4) is 0 Å². The van der Waals surface area contributed by atoms with E-state index < -0.39 is 0 Å². The van der Waals surface area contributed by atoms with Gasteiger partial charge in [0.1, 0.15) is 5.65 Å². The third kappa shape index (κ3) is 3.00. The summed E-state index contributed by atoms with van der Waals surface area (Å²) in [6.45, 7) is 8.22. The third-order valence-corrected chi connectivity index (χ3v) is 3.92. The molecule has 0 spiro atoms. The van der Waals surface area contributed by atoms with Gasteiger partial charge in [-0.3, -0.25) is 9.80 Å². The van der Waals surface area contributed by atoms with Crippen LogP contribution < -0.4 is 0 Å². The minimum atomic E-state index is 0.256. The molecule has 0 aliphatic carbocycles. The van der Waals surface area contributed by atoms with Gasteiger partial charge in [-0.25, -0.2) is 4.98 Å². The van der Waals surface area contributed by atoms with Crippen molar-refractivity contribution in [3.8, 4) is 0 Å². The van der Waals surface area contributed by atoms with E-state index in [1.54, 1.807) is 0 Å². The second-order valence-electron chi connectivity index (χ2n) is 5.55. The Hall–Kier alpha value is -1.43. The Bertz CT molecular complexity index is 572. The zero-order chi connectivity index (χ0) is 13.9. The average molecular weight is 274 g/mol. The number of rotatable bonds is 4. The number of fused-ring (bicyclic) bond motifs is 1. The fraction of sp³-hybridized carbons (Fsp3) is 0.533. The zero-order valence-electron chi connectivity index (χ0n) is 12.0. The number of aliphatic hydroxyl groups excluding tert-OH is 1. The number of imidazole rings is 1. The molecule has 1 aliphatic heterocycles. The van der Waals surface area contributed by atoms with Crippen molar-refractivity contribution < 1.29 is 5.11 Å². The van der Waals surface area contributed by atoms with E-state index in [0.717, 1.165) is 50.6 Å². The summed E-state index contributed by atoms with van der Waals surface area (Å²) in [6.07, 6.45) is 4.24. The molecular weight excluding hydrogens is 252 g/mol. The molecular formula is C15H22N4O. The van der Waals surface area contributed by atoms with Crippen molar-refractivity contribution in [2.75, 3.05) is 39.3 Å². The molecule has 0 atom stereocenters. The summed E-state index contributed by atoms with van der Waals surface area (Å²) in [5, 5.41) is 8.95. The molecule has 108 valence electrons. The first-order chi connectivity index (χ1) is 9.74. The van der Waals surface area contributed by atoms with E-state index in [4.69, 9.17) is 5.11 Å². The van der Waals surface area contributed by atoms with E-state index >= 15 is 0 Å².